The summed E-state index contributed by atoms with van der Waals surface area (Å²) in [6, 6.07) is 13.9. The van der Waals surface area contributed by atoms with Crippen molar-refractivity contribution >= 4 is 23.8 Å². The summed E-state index contributed by atoms with van der Waals surface area (Å²) in [5.74, 6) is 0.304. The number of hydrogen-bond acceptors (Lipinski definition) is 1. The molecule has 1 heterocycles. The molecular weight excluding hydrogens is 231 g/mol. The van der Waals surface area contributed by atoms with E-state index in [9.17, 15) is 5.11 Å². The van der Waals surface area contributed by atoms with Gasteiger partial charge in [0.05, 0.1) is 0 Å². The summed E-state index contributed by atoms with van der Waals surface area (Å²) in [6.45, 7) is 2.00. The van der Waals surface area contributed by atoms with Crippen molar-refractivity contribution < 1.29 is 5.11 Å². The van der Waals surface area contributed by atoms with Crippen LogP contribution in [0.2, 0.25) is 0 Å². The molecule has 2 aromatic rings. The van der Waals surface area contributed by atoms with Crippen molar-refractivity contribution in [2.75, 3.05) is 0 Å². The van der Waals surface area contributed by atoms with E-state index in [1.807, 2.05) is 43.3 Å². The van der Waals surface area contributed by atoms with Gasteiger partial charge in [0.2, 0.25) is 0 Å². The smallest absolute Gasteiger partial charge is 0.193 e. The van der Waals surface area contributed by atoms with Crippen LogP contribution >= 0.6 is 0 Å². The molecule has 0 unspecified atom stereocenters. The summed E-state index contributed by atoms with van der Waals surface area (Å²) in [4.78, 5) is 0. The first-order valence-electron chi connectivity index (χ1n) is 6.40. The maximum absolute atomic E-state index is 9.72. The van der Waals surface area contributed by atoms with Crippen LogP contribution in [0.4, 0.5) is 0 Å². The van der Waals surface area contributed by atoms with Crippen molar-refractivity contribution in [1.82, 2.24) is 0 Å². The average molecular weight is 245 g/mol. The number of fused-ring (bicyclic) bond motifs is 2. The minimum absolute atomic E-state index is 0.304. The van der Waals surface area contributed by atoms with Gasteiger partial charge in [-0.3, -0.25) is 0 Å². The Morgan fingerprint density at radius 2 is 1.79 bits per heavy atom. The molecule has 2 aromatic carbocycles. The Labute approximate surface area is 114 Å². The predicted octanol–water partition coefficient (Wildman–Crippen LogP) is 2.37. The Bertz CT molecular complexity index is 683. The predicted molar refractivity (Wildman–Crippen MR) is 81.5 cm³/mol. The summed E-state index contributed by atoms with van der Waals surface area (Å²) in [5.41, 5.74) is 5.81. The van der Waals surface area contributed by atoms with Gasteiger partial charge in [-0.25, -0.2) is 0 Å². The molecule has 1 aliphatic heterocycles. The monoisotopic (exact) mass is 245 g/mol. The Morgan fingerprint density at radius 1 is 1.00 bits per heavy atom. The van der Waals surface area contributed by atoms with Gasteiger partial charge in [-0.05, 0) is 35.8 Å². The lowest BCUT2D eigenvalue weighted by atomic mass is 9.55. The van der Waals surface area contributed by atoms with Gasteiger partial charge in [0.1, 0.15) is 5.75 Å². The van der Waals surface area contributed by atoms with Crippen LogP contribution in [0, 0.1) is 0 Å². The molecule has 3 rings (SSSR count). The van der Waals surface area contributed by atoms with E-state index in [-0.39, 0.29) is 0 Å². The zero-order valence-corrected chi connectivity index (χ0v) is 10.8. The average Bonchev–Trinajstić information content (AvgIpc) is 2.44. The van der Waals surface area contributed by atoms with Gasteiger partial charge in [0, 0.05) is 0 Å². The van der Waals surface area contributed by atoms with E-state index in [1.165, 1.54) is 11.0 Å². The van der Waals surface area contributed by atoms with Crippen LogP contribution in [-0.4, -0.2) is 12.4 Å². The Kier molecular flexibility index (Phi) is 3.00. The quantitative estimate of drug-likeness (QED) is 0.652. The number of phenolic OH excluding ortho intramolecular Hbond substituents is 1. The normalized spacial score (nSPS) is 15.1. The lowest BCUT2D eigenvalue weighted by Gasteiger charge is -2.22. The summed E-state index contributed by atoms with van der Waals surface area (Å²) in [7, 11) is 2.16. The van der Waals surface area contributed by atoms with Crippen molar-refractivity contribution in [3.05, 3.63) is 71.8 Å². The molecule has 0 aliphatic carbocycles. The van der Waals surface area contributed by atoms with E-state index in [2.05, 4.69) is 25.5 Å². The first-order chi connectivity index (χ1) is 9.29. The highest BCUT2D eigenvalue weighted by Crippen LogP contribution is 2.26. The second kappa shape index (κ2) is 4.81. The van der Waals surface area contributed by atoms with Crippen LogP contribution in [0.5, 0.6) is 5.75 Å². The summed E-state index contributed by atoms with van der Waals surface area (Å²) >= 11 is 0. The largest absolute Gasteiger partial charge is 0.508 e. The van der Waals surface area contributed by atoms with Crippen LogP contribution in [0.25, 0.3) is 5.57 Å². The summed E-state index contributed by atoms with van der Waals surface area (Å²) in [6.07, 6.45) is 6.14. The Balaban J connectivity index is 2.25. The van der Waals surface area contributed by atoms with Gasteiger partial charge in [0.15, 0.2) is 7.28 Å². The van der Waals surface area contributed by atoms with Gasteiger partial charge in [0.25, 0.3) is 0 Å². The number of hydrogen-bond donors (Lipinski definition) is 1. The highest BCUT2D eigenvalue weighted by Gasteiger charge is 2.20. The highest BCUT2D eigenvalue weighted by molar-refractivity contribution is 6.70. The van der Waals surface area contributed by atoms with Gasteiger partial charge in [-0.15, -0.1) is 0 Å². The first kappa shape index (κ1) is 11.9. The fourth-order valence-electron chi connectivity index (χ4n) is 2.46. The molecule has 0 aromatic heterocycles. The molecule has 1 N–H and O–H groups in total. The van der Waals surface area contributed by atoms with Crippen LogP contribution in [0.1, 0.15) is 18.1 Å². The van der Waals surface area contributed by atoms with Gasteiger partial charge in [-0.2, -0.15) is 0 Å². The number of phenols is 1. The maximum atomic E-state index is 9.72. The molecule has 19 heavy (non-hydrogen) atoms. The Morgan fingerprint density at radius 3 is 2.63 bits per heavy atom. The van der Waals surface area contributed by atoms with E-state index in [1.54, 1.807) is 6.07 Å². The van der Waals surface area contributed by atoms with Crippen LogP contribution in [0.3, 0.4) is 0 Å². The van der Waals surface area contributed by atoms with Gasteiger partial charge >= 0.3 is 0 Å². The van der Waals surface area contributed by atoms with E-state index in [4.69, 9.17) is 0 Å². The molecule has 1 aliphatic rings. The molecule has 0 bridgehead atoms. The maximum Gasteiger partial charge on any atom is 0.193 e. The third-order valence-corrected chi connectivity index (χ3v) is 3.34. The fourth-order valence-corrected chi connectivity index (χ4v) is 2.46. The van der Waals surface area contributed by atoms with Gasteiger partial charge < -0.3 is 5.11 Å². The van der Waals surface area contributed by atoms with Crippen molar-refractivity contribution in [3.8, 4) is 5.75 Å². The van der Waals surface area contributed by atoms with Crippen molar-refractivity contribution in [2.24, 2.45) is 0 Å². The lowest BCUT2D eigenvalue weighted by Crippen LogP contribution is -2.36. The highest BCUT2D eigenvalue weighted by atomic mass is 16.3. The van der Waals surface area contributed by atoms with E-state index >= 15 is 0 Å². The molecule has 0 fully saturated rings. The molecule has 0 atom stereocenters. The third kappa shape index (κ3) is 2.10. The molecule has 0 amide bonds. The number of benzene rings is 2. The minimum atomic E-state index is 0.304. The molecule has 2 heteroatoms. The van der Waals surface area contributed by atoms with Gasteiger partial charge in [-0.1, -0.05) is 59.5 Å². The van der Waals surface area contributed by atoms with Crippen LogP contribution in [0.15, 0.2) is 60.7 Å². The number of rotatable bonds is 1. The molecule has 1 nitrogen and oxygen atoms in total. The number of allylic oxidation sites excluding steroid dienone is 3. The fraction of sp³-hybridized carbons (Fsp3) is 0.0588. The first-order valence-corrected chi connectivity index (χ1v) is 6.40. The van der Waals surface area contributed by atoms with E-state index in [0.29, 0.717) is 5.75 Å². The van der Waals surface area contributed by atoms with Crippen molar-refractivity contribution in [1.29, 1.82) is 0 Å². The second-order valence-electron chi connectivity index (χ2n) is 4.61. The molecule has 0 spiro atoms. The topological polar surface area (TPSA) is 20.2 Å². The molecular formula is C17H14BO. The zero-order chi connectivity index (χ0) is 13.2. The van der Waals surface area contributed by atoms with E-state index in [0.717, 1.165) is 16.6 Å². The van der Waals surface area contributed by atoms with Crippen LogP contribution in [-0.2, 0) is 0 Å². The standard InChI is InChI=1S/C17H14BO/c1-2-3-6-13-14-7-4-5-8-16(14)18-17-10-9-12(19)11-15(13)17/h2-11,19H,1H3/b3-2+,13-6?. The zero-order valence-electron chi connectivity index (χ0n) is 10.8. The van der Waals surface area contributed by atoms with Crippen molar-refractivity contribution in [2.45, 2.75) is 6.92 Å². The second-order valence-corrected chi connectivity index (χ2v) is 4.61. The Hall–Kier alpha value is -2.22. The lowest BCUT2D eigenvalue weighted by molar-refractivity contribution is 0.475. The minimum Gasteiger partial charge on any atom is -0.508 e. The molecule has 0 saturated heterocycles. The number of aromatic hydroxyl groups is 1. The molecule has 91 valence electrons. The van der Waals surface area contributed by atoms with Crippen molar-refractivity contribution in [3.63, 3.8) is 0 Å². The summed E-state index contributed by atoms with van der Waals surface area (Å²) in [5, 5.41) is 9.72. The van der Waals surface area contributed by atoms with E-state index < -0.39 is 0 Å². The third-order valence-electron chi connectivity index (χ3n) is 3.34. The SMILES string of the molecule is C/C=C/C=C1c2ccccc2[B]c2ccc(O)cc21. The summed E-state index contributed by atoms with van der Waals surface area (Å²) < 4.78 is 0. The molecule has 0 saturated carbocycles. The molecule has 1 radical (unpaired) electrons. The van der Waals surface area contributed by atoms with Crippen LogP contribution < -0.4 is 10.9 Å².